The van der Waals surface area contributed by atoms with Gasteiger partial charge in [-0.15, -0.1) is 0 Å². The summed E-state index contributed by atoms with van der Waals surface area (Å²) < 4.78 is 7.09. The van der Waals surface area contributed by atoms with Crippen molar-refractivity contribution in [2.75, 3.05) is 13.2 Å². The number of aromatic nitrogens is 2. The summed E-state index contributed by atoms with van der Waals surface area (Å²) >= 11 is 0. The first-order valence-electron chi connectivity index (χ1n) is 6.01. The number of ketones is 1. The number of Topliss-reactive ketones (excluding diaryl/α,β-unsaturated/α-hetero) is 1. The van der Waals surface area contributed by atoms with Crippen molar-refractivity contribution in [1.82, 2.24) is 9.78 Å². The molecule has 0 amide bonds. The molecular formula is C12H19N3O2. The molecule has 1 fully saturated rings. The van der Waals surface area contributed by atoms with Crippen LogP contribution in [0.2, 0.25) is 0 Å². The smallest absolute Gasteiger partial charge is 0.145 e. The molecule has 1 aliphatic heterocycles. The summed E-state index contributed by atoms with van der Waals surface area (Å²) in [7, 11) is 0. The molecule has 0 aliphatic carbocycles. The van der Waals surface area contributed by atoms with Crippen molar-refractivity contribution in [3.63, 3.8) is 0 Å². The van der Waals surface area contributed by atoms with E-state index < -0.39 is 0 Å². The maximum atomic E-state index is 12.1. The zero-order valence-electron chi connectivity index (χ0n) is 10.3. The van der Waals surface area contributed by atoms with E-state index >= 15 is 0 Å². The van der Waals surface area contributed by atoms with Crippen molar-refractivity contribution in [3.05, 3.63) is 17.5 Å². The standard InChI is InChI=1S/C12H19N3O2/c1-3-15-9(4-8(2)14-15)5-12(16)10-6-17-7-11(10)13/h4,10-11H,3,5-7,13H2,1-2H3. The summed E-state index contributed by atoms with van der Waals surface area (Å²) in [5.41, 5.74) is 7.75. The summed E-state index contributed by atoms with van der Waals surface area (Å²) in [6, 6.07) is 1.81. The van der Waals surface area contributed by atoms with Crippen LogP contribution in [0.5, 0.6) is 0 Å². The first kappa shape index (κ1) is 12.3. The highest BCUT2D eigenvalue weighted by Gasteiger charge is 2.31. The van der Waals surface area contributed by atoms with Crippen LogP contribution in [0.1, 0.15) is 18.3 Å². The van der Waals surface area contributed by atoms with Gasteiger partial charge in [0.2, 0.25) is 0 Å². The Morgan fingerprint density at radius 2 is 2.41 bits per heavy atom. The fourth-order valence-corrected chi connectivity index (χ4v) is 2.23. The molecule has 0 bridgehead atoms. The van der Waals surface area contributed by atoms with Gasteiger partial charge in [-0.1, -0.05) is 0 Å². The molecule has 1 saturated heterocycles. The SMILES string of the molecule is CCn1nc(C)cc1CC(=O)C1COCC1N. The number of ether oxygens (including phenoxy) is 1. The lowest BCUT2D eigenvalue weighted by Crippen LogP contribution is -2.35. The van der Waals surface area contributed by atoms with Crippen molar-refractivity contribution >= 4 is 5.78 Å². The largest absolute Gasteiger partial charge is 0.379 e. The van der Waals surface area contributed by atoms with Gasteiger partial charge in [-0.25, -0.2) is 0 Å². The van der Waals surface area contributed by atoms with E-state index in [9.17, 15) is 4.79 Å². The Kier molecular flexibility index (Phi) is 3.59. The third-order valence-corrected chi connectivity index (χ3v) is 3.18. The highest BCUT2D eigenvalue weighted by atomic mass is 16.5. The molecule has 17 heavy (non-hydrogen) atoms. The topological polar surface area (TPSA) is 70.1 Å². The number of aryl methyl sites for hydroxylation is 2. The predicted molar refractivity (Wildman–Crippen MR) is 63.6 cm³/mol. The molecule has 5 nitrogen and oxygen atoms in total. The average Bonchev–Trinajstić information content (AvgIpc) is 2.84. The van der Waals surface area contributed by atoms with Crippen LogP contribution < -0.4 is 5.73 Å². The van der Waals surface area contributed by atoms with E-state index in [1.54, 1.807) is 0 Å². The molecule has 0 spiro atoms. The van der Waals surface area contributed by atoms with Crippen LogP contribution in [0.4, 0.5) is 0 Å². The molecule has 94 valence electrons. The number of rotatable bonds is 4. The second-order valence-corrected chi connectivity index (χ2v) is 4.54. The lowest BCUT2D eigenvalue weighted by Gasteiger charge is -2.12. The van der Waals surface area contributed by atoms with Gasteiger partial charge in [0, 0.05) is 24.7 Å². The van der Waals surface area contributed by atoms with Crippen molar-refractivity contribution in [2.45, 2.75) is 32.9 Å². The van der Waals surface area contributed by atoms with E-state index in [2.05, 4.69) is 5.10 Å². The van der Waals surface area contributed by atoms with E-state index in [1.165, 1.54) is 0 Å². The Labute approximate surface area is 101 Å². The minimum atomic E-state index is -0.157. The van der Waals surface area contributed by atoms with E-state index in [1.807, 2.05) is 24.6 Å². The molecule has 5 heteroatoms. The van der Waals surface area contributed by atoms with Crippen LogP contribution in [0, 0.1) is 12.8 Å². The lowest BCUT2D eigenvalue weighted by molar-refractivity contribution is -0.122. The molecular weight excluding hydrogens is 218 g/mol. The normalized spacial score (nSPS) is 24.2. The van der Waals surface area contributed by atoms with Gasteiger partial charge < -0.3 is 10.5 Å². The second kappa shape index (κ2) is 4.98. The first-order chi connectivity index (χ1) is 8.11. The average molecular weight is 237 g/mol. The molecule has 0 saturated carbocycles. The Balaban J connectivity index is 2.07. The van der Waals surface area contributed by atoms with E-state index in [0.29, 0.717) is 19.6 Å². The summed E-state index contributed by atoms with van der Waals surface area (Å²) in [5.74, 6) is 0.000104. The van der Waals surface area contributed by atoms with Crippen LogP contribution in [-0.4, -0.2) is 34.8 Å². The highest BCUT2D eigenvalue weighted by molar-refractivity contribution is 5.84. The molecule has 2 unspecified atom stereocenters. The minimum absolute atomic E-state index is 0.151. The van der Waals surface area contributed by atoms with Gasteiger partial charge in [0.25, 0.3) is 0 Å². The lowest BCUT2D eigenvalue weighted by atomic mass is 9.96. The number of hydrogen-bond donors (Lipinski definition) is 1. The van der Waals surface area contributed by atoms with Gasteiger partial charge in [-0.3, -0.25) is 9.48 Å². The summed E-state index contributed by atoms with van der Waals surface area (Å²) in [6.45, 7) is 5.68. The third kappa shape index (κ3) is 2.56. The monoisotopic (exact) mass is 237 g/mol. The Hall–Kier alpha value is -1.20. The summed E-state index contributed by atoms with van der Waals surface area (Å²) in [6.07, 6.45) is 0.399. The van der Waals surface area contributed by atoms with Crippen LogP contribution in [-0.2, 0) is 22.5 Å². The summed E-state index contributed by atoms with van der Waals surface area (Å²) in [4.78, 5) is 12.1. The van der Waals surface area contributed by atoms with E-state index in [-0.39, 0.29) is 17.7 Å². The molecule has 2 atom stereocenters. The highest BCUT2D eigenvalue weighted by Crippen LogP contribution is 2.16. The van der Waals surface area contributed by atoms with Crippen molar-refractivity contribution in [2.24, 2.45) is 11.7 Å². The molecule has 0 radical (unpaired) electrons. The third-order valence-electron chi connectivity index (χ3n) is 3.18. The molecule has 2 heterocycles. The van der Waals surface area contributed by atoms with Crippen molar-refractivity contribution < 1.29 is 9.53 Å². The number of nitrogens with two attached hydrogens (primary N) is 1. The molecule has 2 rings (SSSR count). The molecule has 2 N–H and O–H groups in total. The minimum Gasteiger partial charge on any atom is -0.379 e. The van der Waals surface area contributed by atoms with Gasteiger partial charge in [0.15, 0.2) is 0 Å². The Morgan fingerprint density at radius 1 is 1.65 bits per heavy atom. The summed E-state index contributed by atoms with van der Waals surface area (Å²) in [5, 5.41) is 4.33. The van der Waals surface area contributed by atoms with Gasteiger partial charge >= 0.3 is 0 Å². The van der Waals surface area contributed by atoms with Crippen molar-refractivity contribution in [1.29, 1.82) is 0 Å². The zero-order valence-corrected chi connectivity index (χ0v) is 10.3. The van der Waals surface area contributed by atoms with Crippen molar-refractivity contribution in [3.8, 4) is 0 Å². The molecule has 1 aromatic heterocycles. The maximum absolute atomic E-state index is 12.1. The van der Waals surface area contributed by atoms with Crippen LogP contribution in [0.15, 0.2) is 6.07 Å². The fraction of sp³-hybridized carbons (Fsp3) is 0.667. The van der Waals surface area contributed by atoms with E-state index in [4.69, 9.17) is 10.5 Å². The van der Waals surface area contributed by atoms with E-state index in [0.717, 1.165) is 17.9 Å². The molecule has 1 aliphatic rings. The van der Waals surface area contributed by atoms with Gasteiger partial charge in [-0.2, -0.15) is 5.10 Å². The number of nitrogens with zero attached hydrogens (tertiary/aromatic N) is 2. The first-order valence-corrected chi connectivity index (χ1v) is 6.01. The van der Waals surface area contributed by atoms with Crippen LogP contribution in [0.25, 0.3) is 0 Å². The maximum Gasteiger partial charge on any atom is 0.145 e. The van der Waals surface area contributed by atoms with Crippen LogP contribution in [0.3, 0.4) is 0 Å². The Morgan fingerprint density at radius 3 is 3.00 bits per heavy atom. The van der Waals surface area contributed by atoms with Crippen LogP contribution >= 0.6 is 0 Å². The Bertz CT molecular complexity index is 414. The molecule has 1 aromatic rings. The number of carbonyl (C=O) groups excluding carboxylic acids is 1. The number of hydrogen-bond acceptors (Lipinski definition) is 4. The van der Waals surface area contributed by atoms with Gasteiger partial charge in [0.1, 0.15) is 5.78 Å². The second-order valence-electron chi connectivity index (χ2n) is 4.54. The quantitative estimate of drug-likeness (QED) is 0.817. The van der Waals surface area contributed by atoms with Gasteiger partial charge in [-0.05, 0) is 19.9 Å². The van der Waals surface area contributed by atoms with Gasteiger partial charge in [0.05, 0.1) is 24.8 Å². The fourth-order valence-electron chi connectivity index (χ4n) is 2.23. The number of carbonyl (C=O) groups is 1. The molecule has 0 aromatic carbocycles. The zero-order chi connectivity index (χ0) is 12.4. The predicted octanol–water partition coefficient (Wildman–Crippen LogP) is 0.297.